The number of halogens is 2. The predicted molar refractivity (Wildman–Crippen MR) is 76.3 cm³/mol. The molecule has 1 rings (SSSR count). The summed E-state index contributed by atoms with van der Waals surface area (Å²) in [6.07, 6.45) is 1.10. The van der Waals surface area contributed by atoms with Crippen LogP contribution in [0.1, 0.15) is 17.9 Å². The van der Waals surface area contributed by atoms with Gasteiger partial charge in [-0.15, -0.1) is 0 Å². The van der Waals surface area contributed by atoms with Crippen molar-refractivity contribution in [3.8, 4) is 0 Å². The third kappa shape index (κ3) is 4.84. The third-order valence-corrected chi connectivity index (χ3v) is 3.53. The maximum atomic E-state index is 6.06. The standard InChI is InChI=1S/C13H20Cl2N2/c1-16-9-11(6-7-17(2)3)10-4-5-12(14)13(15)8-10/h4-5,8,11,16H,6-7,9H2,1-3H3. The molecule has 1 atom stereocenters. The summed E-state index contributed by atoms with van der Waals surface area (Å²) in [4.78, 5) is 2.19. The Balaban J connectivity index is 2.77. The molecule has 0 saturated carbocycles. The van der Waals surface area contributed by atoms with E-state index in [1.54, 1.807) is 0 Å². The quantitative estimate of drug-likeness (QED) is 0.857. The molecule has 0 radical (unpaired) electrons. The molecule has 0 bridgehead atoms. The summed E-state index contributed by atoms with van der Waals surface area (Å²) < 4.78 is 0. The Morgan fingerprint density at radius 3 is 2.47 bits per heavy atom. The van der Waals surface area contributed by atoms with Gasteiger partial charge in [0.2, 0.25) is 0 Å². The fourth-order valence-corrected chi connectivity index (χ4v) is 2.12. The molecular formula is C13H20Cl2N2. The van der Waals surface area contributed by atoms with Crippen LogP contribution < -0.4 is 5.32 Å². The topological polar surface area (TPSA) is 15.3 Å². The third-order valence-electron chi connectivity index (χ3n) is 2.79. The van der Waals surface area contributed by atoms with Gasteiger partial charge >= 0.3 is 0 Å². The van der Waals surface area contributed by atoms with Crippen LogP contribution in [0.5, 0.6) is 0 Å². The minimum atomic E-state index is 0.470. The first-order valence-electron chi connectivity index (χ1n) is 5.79. The molecule has 0 amide bonds. The van der Waals surface area contributed by atoms with E-state index in [1.165, 1.54) is 5.56 Å². The molecule has 0 spiro atoms. The molecule has 1 unspecified atom stereocenters. The summed E-state index contributed by atoms with van der Waals surface area (Å²) in [5.41, 5.74) is 1.25. The second-order valence-corrected chi connectivity index (χ2v) is 5.33. The SMILES string of the molecule is CNCC(CCN(C)C)c1ccc(Cl)c(Cl)c1. The van der Waals surface area contributed by atoms with Gasteiger partial charge in [-0.05, 0) is 57.7 Å². The highest BCUT2D eigenvalue weighted by Gasteiger charge is 2.12. The van der Waals surface area contributed by atoms with Crippen LogP contribution in [0.15, 0.2) is 18.2 Å². The monoisotopic (exact) mass is 274 g/mol. The van der Waals surface area contributed by atoms with Crippen molar-refractivity contribution in [3.05, 3.63) is 33.8 Å². The Kier molecular flexibility index (Phi) is 6.28. The Morgan fingerprint density at radius 1 is 1.24 bits per heavy atom. The lowest BCUT2D eigenvalue weighted by Crippen LogP contribution is -2.22. The van der Waals surface area contributed by atoms with Crippen LogP contribution in [0, 0.1) is 0 Å². The van der Waals surface area contributed by atoms with Gasteiger partial charge in [0.1, 0.15) is 0 Å². The molecule has 1 aromatic carbocycles. The fourth-order valence-electron chi connectivity index (χ4n) is 1.81. The summed E-state index contributed by atoms with van der Waals surface area (Å²) in [6.45, 7) is 2.01. The average molecular weight is 275 g/mol. The number of hydrogen-bond donors (Lipinski definition) is 1. The van der Waals surface area contributed by atoms with E-state index in [0.717, 1.165) is 19.5 Å². The van der Waals surface area contributed by atoms with Gasteiger partial charge in [-0.3, -0.25) is 0 Å². The maximum absolute atomic E-state index is 6.06. The normalized spacial score (nSPS) is 13.1. The molecule has 0 saturated heterocycles. The van der Waals surface area contributed by atoms with Gasteiger partial charge in [-0.2, -0.15) is 0 Å². The smallest absolute Gasteiger partial charge is 0.0595 e. The molecule has 2 nitrogen and oxygen atoms in total. The van der Waals surface area contributed by atoms with Crippen LogP contribution in [0.25, 0.3) is 0 Å². The van der Waals surface area contributed by atoms with Gasteiger partial charge in [0.05, 0.1) is 10.0 Å². The van der Waals surface area contributed by atoms with E-state index in [1.807, 2.05) is 19.2 Å². The van der Waals surface area contributed by atoms with Crippen molar-refractivity contribution < 1.29 is 0 Å². The van der Waals surface area contributed by atoms with Crippen LogP contribution in [-0.2, 0) is 0 Å². The number of rotatable bonds is 6. The molecule has 0 aliphatic rings. The van der Waals surface area contributed by atoms with E-state index in [0.29, 0.717) is 16.0 Å². The van der Waals surface area contributed by atoms with Crippen molar-refractivity contribution in [1.82, 2.24) is 10.2 Å². The number of benzene rings is 1. The van der Waals surface area contributed by atoms with Gasteiger partial charge in [-0.1, -0.05) is 29.3 Å². The first-order chi connectivity index (χ1) is 8.04. The van der Waals surface area contributed by atoms with Gasteiger partial charge in [0.25, 0.3) is 0 Å². The Bertz CT molecular complexity index is 353. The second-order valence-electron chi connectivity index (χ2n) is 4.52. The Hall–Kier alpha value is -0.280. The molecule has 17 heavy (non-hydrogen) atoms. The summed E-state index contributed by atoms with van der Waals surface area (Å²) in [7, 11) is 6.15. The lowest BCUT2D eigenvalue weighted by molar-refractivity contribution is 0.378. The van der Waals surface area contributed by atoms with Crippen molar-refractivity contribution >= 4 is 23.2 Å². The molecule has 96 valence electrons. The number of likely N-dealkylation sites (N-methyl/N-ethyl adjacent to an activating group) is 1. The summed E-state index contributed by atoms with van der Waals surface area (Å²) >= 11 is 12.0. The molecule has 0 heterocycles. The minimum Gasteiger partial charge on any atom is -0.319 e. The fraction of sp³-hybridized carbons (Fsp3) is 0.538. The van der Waals surface area contributed by atoms with Gasteiger partial charge in [0, 0.05) is 6.54 Å². The lowest BCUT2D eigenvalue weighted by atomic mass is 9.95. The van der Waals surface area contributed by atoms with Crippen molar-refractivity contribution in [2.24, 2.45) is 0 Å². The molecule has 1 N–H and O–H groups in total. The first kappa shape index (κ1) is 14.8. The van der Waals surface area contributed by atoms with Crippen molar-refractivity contribution in [1.29, 1.82) is 0 Å². The number of nitrogens with one attached hydrogen (secondary N) is 1. The van der Waals surface area contributed by atoms with E-state index in [9.17, 15) is 0 Å². The maximum Gasteiger partial charge on any atom is 0.0595 e. The van der Waals surface area contributed by atoms with Crippen molar-refractivity contribution in [2.75, 3.05) is 34.2 Å². The zero-order valence-electron chi connectivity index (χ0n) is 10.6. The van der Waals surface area contributed by atoms with Gasteiger partial charge < -0.3 is 10.2 Å². The van der Waals surface area contributed by atoms with E-state index in [-0.39, 0.29) is 0 Å². The van der Waals surface area contributed by atoms with E-state index in [4.69, 9.17) is 23.2 Å². The highest BCUT2D eigenvalue weighted by Crippen LogP contribution is 2.27. The van der Waals surface area contributed by atoms with Crippen LogP contribution in [0.3, 0.4) is 0 Å². The number of nitrogens with zero attached hydrogens (tertiary/aromatic N) is 1. The van der Waals surface area contributed by atoms with Gasteiger partial charge in [0.15, 0.2) is 0 Å². The molecule has 1 aromatic rings. The van der Waals surface area contributed by atoms with Crippen LogP contribution in [0.2, 0.25) is 10.0 Å². The largest absolute Gasteiger partial charge is 0.319 e. The first-order valence-corrected chi connectivity index (χ1v) is 6.54. The summed E-state index contributed by atoms with van der Waals surface area (Å²) in [5.74, 6) is 0.470. The zero-order chi connectivity index (χ0) is 12.8. The Morgan fingerprint density at radius 2 is 1.94 bits per heavy atom. The van der Waals surface area contributed by atoms with E-state index < -0.39 is 0 Å². The Labute approximate surface area is 114 Å². The second kappa shape index (κ2) is 7.22. The van der Waals surface area contributed by atoms with E-state index >= 15 is 0 Å². The number of hydrogen-bond acceptors (Lipinski definition) is 2. The van der Waals surface area contributed by atoms with Crippen LogP contribution >= 0.6 is 23.2 Å². The highest BCUT2D eigenvalue weighted by atomic mass is 35.5. The average Bonchev–Trinajstić information content (AvgIpc) is 2.28. The lowest BCUT2D eigenvalue weighted by Gasteiger charge is -2.20. The van der Waals surface area contributed by atoms with E-state index in [2.05, 4.69) is 30.4 Å². The minimum absolute atomic E-state index is 0.470. The molecule has 0 aliphatic heterocycles. The predicted octanol–water partition coefficient (Wildman–Crippen LogP) is 3.25. The highest BCUT2D eigenvalue weighted by molar-refractivity contribution is 6.42. The molecular weight excluding hydrogens is 255 g/mol. The molecule has 4 heteroatoms. The molecule has 0 fully saturated rings. The molecule has 0 aromatic heterocycles. The van der Waals surface area contributed by atoms with Crippen LogP contribution in [-0.4, -0.2) is 39.1 Å². The van der Waals surface area contributed by atoms with Gasteiger partial charge in [-0.25, -0.2) is 0 Å². The summed E-state index contributed by atoms with van der Waals surface area (Å²) in [6, 6.07) is 5.91. The molecule has 0 aliphatic carbocycles. The summed E-state index contributed by atoms with van der Waals surface area (Å²) in [5, 5.41) is 4.48. The van der Waals surface area contributed by atoms with Crippen LogP contribution in [0.4, 0.5) is 0 Å². The van der Waals surface area contributed by atoms with Crippen molar-refractivity contribution in [2.45, 2.75) is 12.3 Å². The van der Waals surface area contributed by atoms with Crippen molar-refractivity contribution in [3.63, 3.8) is 0 Å². The zero-order valence-corrected chi connectivity index (χ0v) is 12.1.